The van der Waals surface area contributed by atoms with E-state index in [9.17, 15) is 4.91 Å². The Bertz CT molecular complexity index is 171. The molecule has 0 atom stereocenters. The summed E-state index contributed by atoms with van der Waals surface area (Å²) in [5, 5.41) is 2.88. The molecule has 0 N–H and O–H groups in total. The van der Waals surface area contributed by atoms with Crippen LogP contribution in [0.5, 0.6) is 0 Å². The summed E-state index contributed by atoms with van der Waals surface area (Å²) in [5.41, 5.74) is 0. The Hall–Kier alpha value is -0.400. The molecule has 2 heteroatoms. The van der Waals surface area contributed by atoms with Gasteiger partial charge in [-0.15, -0.1) is 0 Å². The van der Waals surface area contributed by atoms with Crippen molar-refractivity contribution in [1.29, 1.82) is 0 Å². The van der Waals surface area contributed by atoms with E-state index in [0.29, 0.717) is 6.54 Å². The molecule has 0 fully saturated rings. The molecular weight excluding hydrogens is 234 g/mol. The van der Waals surface area contributed by atoms with Crippen LogP contribution in [0.25, 0.3) is 0 Å². The Balaban J connectivity index is 2.89. The maximum Gasteiger partial charge on any atom is 0.0811 e. The highest BCUT2D eigenvalue weighted by atomic mass is 16.3. The van der Waals surface area contributed by atoms with Crippen LogP contribution in [0.4, 0.5) is 0 Å². The number of hydrogen-bond donors (Lipinski definition) is 0. The smallest absolute Gasteiger partial charge is 0.0811 e. The lowest BCUT2D eigenvalue weighted by atomic mass is 10.0. The zero-order valence-electron chi connectivity index (χ0n) is 13.2. The van der Waals surface area contributed by atoms with Crippen molar-refractivity contribution < 1.29 is 0 Å². The Kier molecular flexibility index (Phi) is 17.2. The Morgan fingerprint density at radius 2 is 0.842 bits per heavy atom. The van der Waals surface area contributed by atoms with Gasteiger partial charge in [0.15, 0.2) is 0 Å². The van der Waals surface area contributed by atoms with Crippen LogP contribution in [0.1, 0.15) is 103 Å². The van der Waals surface area contributed by atoms with Gasteiger partial charge < -0.3 is 0 Å². The van der Waals surface area contributed by atoms with Crippen molar-refractivity contribution in [1.82, 2.24) is 0 Å². The van der Waals surface area contributed by atoms with Gasteiger partial charge in [0.1, 0.15) is 0 Å². The molecule has 0 amide bonds. The molecule has 0 aromatic heterocycles. The average Bonchev–Trinajstić information content (AvgIpc) is 2.43. The molecule has 114 valence electrons. The highest BCUT2D eigenvalue weighted by Crippen LogP contribution is 2.13. The third kappa shape index (κ3) is 17.6. The largest absolute Gasteiger partial charge is 0.151 e. The normalized spacial score (nSPS) is 10.8. The van der Waals surface area contributed by atoms with Crippen LogP contribution in [0.2, 0.25) is 0 Å². The van der Waals surface area contributed by atoms with E-state index in [2.05, 4.69) is 12.1 Å². The van der Waals surface area contributed by atoms with Gasteiger partial charge >= 0.3 is 0 Å². The summed E-state index contributed by atoms with van der Waals surface area (Å²) in [6.07, 6.45) is 20.4. The van der Waals surface area contributed by atoms with Gasteiger partial charge in [-0.25, -0.2) is 0 Å². The SMILES string of the molecule is CCCCCCCCCCCCCCCCCN=O. The first-order chi connectivity index (χ1) is 9.41. The van der Waals surface area contributed by atoms with Gasteiger partial charge in [-0.1, -0.05) is 102 Å². The second-order valence-corrected chi connectivity index (χ2v) is 5.80. The van der Waals surface area contributed by atoms with Crippen LogP contribution in [-0.2, 0) is 0 Å². The minimum atomic E-state index is 0.512. The van der Waals surface area contributed by atoms with Crippen molar-refractivity contribution >= 4 is 0 Å². The van der Waals surface area contributed by atoms with E-state index >= 15 is 0 Å². The van der Waals surface area contributed by atoms with Crippen molar-refractivity contribution in [3.63, 3.8) is 0 Å². The van der Waals surface area contributed by atoms with E-state index in [1.54, 1.807) is 0 Å². The summed E-state index contributed by atoms with van der Waals surface area (Å²) in [6.45, 7) is 2.79. The summed E-state index contributed by atoms with van der Waals surface area (Å²) >= 11 is 0. The summed E-state index contributed by atoms with van der Waals surface area (Å²) in [7, 11) is 0. The van der Waals surface area contributed by atoms with Gasteiger partial charge in [-0.2, -0.15) is 4.91 Å². The molecule has 0 heterocycles. The molecule has 0 saturated carbocycles. The van der Waals surface area contributed by atoms with Gasteiger partial charge in [0.25, 0.3) is 0 Å². The Labute approximate surface area is 120 Å². The van der Waals surface area contributed by atoms with Crippen LogP contribution in [0, 0.1) is 4.91 Å². The third-order valence-electron chi connectivity index (χ3n) is 3.85. The Morgan fingerprint density at radius 3 is 1.16 bits per heavy atom. The minimum absolute atomic E-state index is 0.512. The van der Waals surface area contributed by atoms with Gasteiger partial charge in [-0.3, -0.25) is 0 Å². The third-order valence-corrected chi connectivity index (χ3v) is 3.85. The predicted octanol–water partition coefficient (Wildman–Crippen LogP) is 6.62. The van der Waals surface area contributed by atoms with Gasteiger partial charge in [-0.05, 0) is 6.42 Å². The molecule has 0 spiro atoms. The number of unbranched alkanes of at least 4 members (excludes halogenated alkanes) is 14. The standard InChI is InChI=1S/C17H35NO/c1-2-3-4-5-6-7-8-9-10-11-12-13-14-15-16-17-18-19/h2-17H2,1H3. The van der Waals surface area contributed by atoms with Gasteiger partial charge in [0, 0.05) is 0 Å². The second-order valence-electron chi connectivity index (χ2n) is 5.80. The van der Waals surface area contributed by atoms with Gasteiger partial charge in [0.05, 0.1) is 6.54 Å². The van der Waals surface area contributed by atoms with Crippen LogP contribution in [-0.4, -0.2) is 6.54 Å². The quantitative estimate of drug-likeness (QED) is 0.228. The highest BCUT2D eigenvalue weighted by molar-refractivity contribution is 4.50. The topological polar surface area (TPSA) is 29.4 Å². The molecule has 0 aliphatic carbocycles. The van der Waals surface area contributed by atoms with Crippen molar-refractivity contribution in [2.24, 2.45) is 5.18 Å². The number of rotatable bonds is 16. The first kappa shape index (κ1) is 18.6. The maximum atomic E-state index is 9.89. The zero-order valence-corrected chi connectivity index (χ0v) is 13.2. The van der Waals surface area contributed by atoms with Crippen molar-refractivity contribution in [2.45, 2.75) is 103 Å². The molecule has 0 aromatic rings. The van der Waals surface area contributed by atoms with E-state index < -0.39 is 0 Å². The first-order valence-corrected chi connectivity index (χ1v) is 8.71. The van der Waals surface area contributed by atoms with Crippen molar-refractivity contribution in [3.8, 4) is 0 Å². The van der Waals surface area contributed by atoms with E-state index in [1.807, 2.05) is 0 Å². The number of nitroso groups, excluding NO2 is 1. The van der Waals surface area contributed by atoms with Crippen molar-refractivity contribution in [3.05, 3.63) is 4.91 Å². The molecule has 2 nitrogen and oxygen atoms in total. The molecule has 0 aromatic carbocycles. The minimum Gasteiger partial charge on any atom is -0.151 e. The van der Waals surface area contributed by atoms with Crippen LogP contribution in [0.15, 0.2) is 5.18 Å². The van der Waals surface area contributed by atoms with Crippen molar-refractivity contribution in [2.75, 3.05) is 6.54 Å². The summed E-state index contributed by atoms with van der Waals surface area (Å²) in [6, 6.07) is 0. The lowest BCUT2D eigenvalue weighted by Gasteiger charge is -2.02. The molecular formula is C17H35NO. The lowest BCUT2D eigenvalue weighted by Crippen LogP contribution is -1.84. The number of nitrogens with zero attached hydrogens (tertiary/aromatic N) is 1. The average molecular weight is 269 g/mol. The molecule has 0 aliphatic heterocycles. The monoisotopic (exact) mass is 269 g/mol. The fraction of sp³-hybridized carbons (Fsp3) is 1.00. The molecule has 0 bridgehead atoms. The lowest BCUT2D eigenvalue weighted by molar-refractivity contribution is 0.533. The second kappa shape index (κ2) is 17.6. The van der Waals surface area contributed by atoms with Gasteiger partial charge in [0.2, 0.25) is 0 Å². The first-order valence-electron chi connectivity index (χ1n) is 8.71. The highest BCUT2D eigenvalue weighted by Gasteiger charge is 1.94. The zero-order chi connectivity index (χ0) is 14.0. The molecule has 0 rings (SSSR count). The van der Waals surface area contributed by atoms with Crippen LogP contribution >= 0.6 is 0 Å². The Morgan fingerprint density at radius 1 is 0.526 bits per heavy atom. The molecule has 0 unspecified atom stereocenters. The van der Waals surface area contributed by atoms with Crippen LogP contribution < -0.4 is 0 Å². The maximum absolute atomic E-state index is 9.89. The summed E-state index contributed by atoms with van der Waals surface area (Å²) in [5.74, 6) is 0. The molecule has 19 heavy (non-hydrogen) atoms. The molecule has 0 aliphatic rings. The van der Waals surface area contributed by atoms with E-state index in [-0.39, 0.29) is 0 Å². The van der Waals surface area contributed by atoms with E-state index in [0.717, 1.165) is 6.42 Å². The molecule has 0 saturated heterocycles. The number of hydrogen-bond acceptors (Lipinski definition) is 2. The fourth-order valence-electron chi connectivity index (χ4n) is 2.55. The van der Waals surface area contributed by atoms with E-state index in [1.165, 1.54) is 89.9 Å². The fourth-order valence-corrected chi connectivity index (χ4v) is 2.55. The summed E-state index contributed by atoms with van der Waals surface area (Å²) < 4.78 is 0. The van der Waals surface area contributed by atoms with Crippen LogP contribution in [0.3, 0.4) is 0 Å². The predicted molar refractivity (Wildman–Crippen MR) is 85.6 cm³/mol. The molecule has 0 radical (unpaired) electrons. The summed E-state index contributed by atoms with van der Waals surface area (Å²) in [4.78, 5) is 9.89. The van der Waals surface area contributed by atoms with E-state index in [4.69, 9.17) is 0 Å².